The highest BCUT2D eigenvalue weighted by atomic mass is 35.5. The lowest BCUT2D eigenvalue weighted by molar-refractivity contribution is -0.00701. The first-order chi connectivity index (χ1) is 12.0. The SMILES string of the molecule is C[C@@H]1Cc2c(C(=O)N(C)CCOc3ccc(Cl)cc3)n[nH]c2[C@H](C)O1. The summed E-state index contributed by atoms with van der Waals surface area (Å²) in [7, 11) is 1.75. The van der Waals surface area contributed by atoms with Crippen LogP contribution in [0.25, 0.3) is 0 Å². The van der Waals surface area contributed by atoms with Crippen LogP contribution >= 0.6 is 11.6 Å². The second-order valence-electron chi connectivity index (χ2n) is 6.29. The molecule has 0 saturated carbocycles. The molecule has 1 amide bonds. The van der Waals surface area contributed by atoms with Gasteiger partial charge in [0.2, 0.25) is 0 Å². The van der Waals surface area contributed by atoms with Crippen LogP contribution in [-0.4, -0.2) is 47.3 Å². The molecule has 1 aromatic carbocycles. The molecular weight excluding hydrogens is 342 g/mol. The van der Waals surface area contributed by atoms with E-state index in [-0.39, 0.29) is 18.1 Å². The molecule has 1 aromatic heterocycles. The fourth-order valence-corrected chi connectivity index (χ4v) is 3.09. The Labute approximate surface area is 152 Å². The Bertz CT molecular complexity index is 745. The quantitative estimate of drug-likeness (QED) is 0.885. The predicted molar refractivity (Wildman–Crippen MR) is 95.2 cm³/mol. The number of ether oxygens (including phenoxy) is 2. The maximum atomic E-state index is 12.7. The molecule has 1 N–H and O–H groups in total. The van der Waals surface area contributed by atoms with Crippen molar-refractivity contribution in [3.8, 4) is 5.75 Å². The fraction of sp³-hybridized carbons (Fsp3) is 0.444. The molecule has 0 bridgehead atoms. The first kappa shape index (κ1) is 17.8. The number of hydrogen-bond acceptors (Lipinski definition) is 4. The first-order valence-corrected chi connectivity index (χ1v) is 8.70. The van der Waals surface area contributed by atoms with Crippen LogP contribution in [0.5, 0.6) is 5.75 Å². The summed E-state index contributed by atoms with van der Waals surface area (Å²) in [5, 5.41) is 7.84. The minimum Gasteiger partial charge on any atom is -0.492 e. The molecule has 0 radical (unpaired) electrons. The van der Waals surface area contributed by atoms with Crippen LogP contribution in [0.4, 0.5) is 0 Å². The average molecular weight is 364 g/mol. The van der Waals surface area contributed by atoms with E-state index in [1.54, 1.807) is 36.2 Å². The van der Waals surface area contributed by atoms with E-state index in [1.165, 1.54) is 0 Å². The molecule has 0 aliphatic carbocycles. The largest absolute Gasteiger partial charge is 0.492 e. The molecule has 6 nitrogen and oxygen atoms in total. The highest BCUT2D eigenvalue weighted by Gasteiger charge is 2.30. The summed E-state index contributed by atoms with van der Waals surface area (Å²) in [5.74, 6) is 0.612. The van der Waals surface area contributed by atoms with Crippen molar-refractivity contribution < 1.29 is 14.3 Å². The van der Waals surface area contributed by atoms with Gasteiger partial charge in [-0.15, -0.1) is 0 Å². The monoisotopic (exact) mass is 363 g/mol. The summed E-state index contributed by atoms with van der Waals surface area (Å²) < 4.78 is 11.4. The molecule has 0 fully saturated rings. The Morgan fingerprint density at radius 1 is 1.40 bits per heavy atom. The van der Waals surface area contributed by atoms with E-state index < -0.39 is 0 Å². The van der Waals surface area contributed by atoms with Crippen molar-refractivity contribution in [1.29, 1.82) is 0 Å². The summed E-state index contributed by atoms with van der Waals surface area (Å²) in [6.07, 6.45) is 0.684. The Morgan fingerprint density at radius 2 is 2.12 bits per heavy atom. The summed E-state index contributed by atoms with van der Waals surface area (Å²) >= 11 is 5.85. The number of amides is 1. The van der Waals surface area contributed by atoms with Gasteiger partial charge in [0, 0.05) is 24.1 Å². The van der Waals surface area contributed by atoms with E-state index in [2.05, 4.69) is 10.2 Å². The predicted octanol–water partition coefficient (Wildman–Crippen LogP) is 3.24. The molecule has 25 heavy (non-hydrogen) atoms. The van der Waals surface area contributed by atoms with Gasteiger partial charge in [0.25, 0.3) is 5.91 Å². The summed E-state index contributed by atoms with van der Waals surface area (Å²) in [4.78, 5) is 14.3. The van der Waals surface area contributed by atoms with Crippen LogP contribution in [0.15, 0.2) is 24.3 Å². The number of halogens is 1. The topological polar surface area (TPSA) is 67.5 Å². The Hall–Kier alpha value is -2.05. The summed E-state index contributed by atoms with van der Waals surface area (Å²) in [5.41, 5.74) is 2.33. The number of hydrogen-bond donors (Lipinski definition) is 1. The molecule has 7 heteroatoms. The first-order valence-electron chi connectivity index (χ1n) is 8.32. The molecule has 0 spiro atoms. The van der Waals surface area contributed by atoms with Crippen LogP contribution < -0.4 is 4.74 Å². The van der Waals surface area contributed by atoms with E-state index in [0.717, 1.165) is 17.0 Å². The number of benzene rings is 1. The van der Waals surface area contributed by atoms with E-state index in [9.17, 15) is 4.79 Å². The van der Waals surface area contributed by atoms with Crippen molar-refractivity contribution in [2.24, 2.45) is 0 Å². The Kier molecular flexibility index (Phi) is 5.30. The number of carbonyl (C=O) groups is 1. The smallest absolute Gasteiger partial charge is 0.274 e. The second kappa shape index (κ2) is 7.45. The van der Waals surface area contributed by atoms with Gasteiger partial charge in [0.15, 0.2) is 5.69 Å². The maximum absolute atomic E-state index is 12.7. The zero-order valence-electron chi connectivity index (χ0n) is 14.6. The van der Waals surface area contributed by atoms with Crippen molar-refractivity contribution in [3.05, 3.63) is 46.2 Å². The van der Waals surface area contributed by atoms with Gasteiger partial charge in [-0.25, -0.2) is 0 Å². The number of fused-ring (bicyclic) bond motifs is 1. The minimum absolute atomic E-state index is 0.0743. The van der Waals surface area contributed by atoms with Crippen LogP contribution in [0, 0.1) is 0 Å². The van der Waals surface area contributed by atoms with E-state index >= 15 is 0 Å². The van der Waals surface area contributed by atoms with Gasteiger partial charge in [-0.1, -0.05) is 11.6 Å². The molecule has 134 valence electrons. The molecule has 0 saturated heterocycles. The number of likely N-dealkylation sites (N-methyl/N-ethyl adjacent to an activating group) is 1. The van der Waals surface area contributed by atoms with Gasteiger partial charge >= 0.3 is 0 Å². The van der Waals surface area contributed by atoms with Crippen LogP contribution in [0.3, 0.4) is 0 Å². The maximum Gasteiger partial charge on any atom is 0.274 e. The number of nitrogens with zero attached hydrogens (tertiary/aromatic N) is 2. The number of carbonyl (C=O) groups excluding carboxylic acids is 1. The van der Waals surface area contributed by atoms with Gasteiger partial charge in [-0.05, 0) is 38.1 Å². The Balaban J connectivity index is 1.60. The lowest BCUT2D eigenvalue weighted by Gasteiger charge is -2.25. The van der Waals surface area contributed by atoms with Crippen molar-refractivity contribution in [2.45, 2.75) is 32.5 Å². The molecule has 3 rings (SSSR count). The highest BCUT2D eigenvalue weighted by Crippen LogP contribution is 2.30. The third-order valence-electron chi connectivity index (χ3n) is 4.29. The molecule has 1 aliphatic heterocycles. The van der Waals surface area contributed by atoms with Crippen LogP contribution in [0.1, 0.15) is 41.7 Å². The van der Waals surface area contributed by atoms with Crippen molar-refractivity contribution in [2.75, 3.05) is 20.2 Å². The van der Waals surface area contributed by atoms with Crippen LogP contribution in [-0.2, 0) is 11.2 Å². The third kappa shape index (κ3) is 3.96. The molecular formula is C18H22ClN3O3. The lowest BCUT2D eigenvalue weighted by atomic mass is 9.99. The van der Waals surface area contributed by atoms with Crippen LogP contribution in [0.2, 0.25) is 5.02 Å². The fourth-order valence-electron chi connectivity index (χ4n) is 2.96. The van der Waals surface area contributed by atoms with Crippen molar-refractivity contribution in [3.63, 3.8) is 0 Å². The van der Waals surface area contributed by atoms with Gasteiger partial charge in [-0.3, -0.25) is 9.89 Å². The van der Waals surface area contributed by atoms with Gasteiger partial charge in [0.05, 0.1) is 24.4 Å². The normalized spacial score (nSPS) is 19.4. The lowest BCUT2D eigenvalue weighted by Crippen LogP contribution is -2.32. The Morgan fingerprint density at radius 3 is 2.84 bits per heavy atom. The van der Waals surface area contributed by atoms with Gasteiger partial charge in [-0.2, -0.15) is 5.10 Å². The average Bonchev–Trinajstić information content (AvgIpc) is 3.00. The summed E-state index contributed by atoms with van der Waals surface area (Å²) in [6.45, 7) is 4.83. The minimum atomic E-state index is -0.112. The standard InChI is InChI=1S/C18H22ClN3O3/c1-11-10-15-16(12(2)25-11)20-21-17(15)18(23)22(3)8-9-24-14-6-4-13(19)5-7-14/h4-7,11-12H,8-10H2,1-3H3,(H,20,21)/t11-,12+/m1/s1. The molecule has 2 heterocycles. The highest BCUT2D eigenvalue weighted by molar-refractivity contribution is 6.30. The third-order valence-corrected chi connectivity index (χ3v) is 4.54. The number of rotatable bonds is 5. The number of nitrogens with one attached hydrogen (secondary N) is 1. The van der Waals surface area contributed by atoms with E-state index in [1.807, 2.05) is 13.8 Å². The van der Waals surface area contributed by atoms with Gasteiger partial charge < -0.3 is 14.4 Å². The molecule has 2 aromatic rings. The zero-order chi connectivity index (χ0) is 18.0. The summed E-state index contributed by atoms with van der Waals surface area (Å²) in [6, 6.07) is 7.15. The number of aromatic amines is 1. The van der Waals surface area contributed by atoms with E-state index in [4.69, 9.17) is 21.1 Å². The number of H-pyrrole nitrogens is 1. The van der Waals surface area contributed by atoms with Gasteiger partial charge in [0.1, 0.15) is 12.4 Å². The number of aromatic nitrogens is 2. The zero-order valence-corrected chi connectivity index (χ0v) is 15.3. The van der Waals surface area contributed by atoms with Crippen molar-refractivity contribution in [1.82, 2.24) is 15.1 Å². The van der Waals surface area contributed by atoms with Crippen molar-refractivity contribution >= 4 is 17.5 Å². The molecule has 2 atom stereocenters. The molecule has 0 unspecified atom stereocenters. The van der Waals surface area contributed by atoms with E-state index in [0.29, 0.717) is 30.3 Å². The second-order valence-corrected chi connectivity index (χ2v) is 6.72. The molecule has 1 aliphatic rings.